The van der Waals surface area contributed by atoms with Gasteiger partial charge in [0.25, 0.3) is 0 Å². The van der Waals surface area contributed by atoms with E-state index in [1.807, 2.05) is 54.6 Å². The number of ether oxygens (including phenoxy) is 2. The summed E-state index contributed by atoms with van der Waals surface area (Å²) in [5, 5.41) is 3.40. The van der Waals surface area contributed by atoms with Crippen LogP contribution in [0, 0.1) is 0 Å². The molecule has 0 aliphatic heterocycles. The first-order chi connectivity index (χ1) is 15.1. The Morgan fingerprint density at radius 2 is 1.58 bits per heavy atom. The Labute approximate surface area is 182 Å². The van der Waals surface area contributed by atoms with E-state index < -0.39 is 0 Å². The van der Waals surface area contributed by atoms with Crippen molar-refractivity contribution in [3.05, 3.63) is 102 Å². The molecule has 0 saturated carbocycles. The number of esters is 1. The Kier molecular flexibility index (Phi) is 7.60. The maximum Gasteiger partial charge on any atom is 0.337 e. The average Bonchev–Trinajstić information content (AvgIpc) is 2.83. The van der Waals surface area contributed by atoms with Gasteiger partial charge in [-0.15, -0.1) is 0 Å². The van der Waals surface area contributed by atoms with Gasteiger partial charge in [0.05, 0.1) is 25.8 Å². The lowest BCUT2D eigenvalue weighted by atomic mass is 10.00. The normalized spacial score (nSPS) is 11.7. The molecule has 0 amide bonds. The molecule has 5 heteroatoms. The summed E-state index contributed by atoms with van der Waals surface area (Å²) in [7, 11) is 2.97. The predicted molar refractivity (Wildman–Crippen MR) is 122 cm³/mol. The maximum atomic E-state index is 12.7. The minimum atomic E-state index is -0.384. The second-order valence-corrected chi connectivity index (χ2v) is 6.95. The van der Waals surface area contributed by atoms with Crippen molar-refractivity contribution in [1.29, 1.82) is 0 Å². The first kappa shape index (κ1) is 21.8. The number of nitrogens with one attached hydrogen (secondary N) is 1. The molecule has 0 aliphatic rings. The van der Waals surface area contributed by atoms with Gasteiger partial charge in [0, 0.05) is 12.1 Å². The summed E-state index contributed by atoms with van der Waals surface area (Å²) in [6.07, 6.45) is 3.68. The van der Waals surface area contributed by atoms with Crippen molar-refractivity contribution in [2.45, 2.75) is 12.5 Å². The van der Waals surface area contributed by atoms with Crippen molar-refractivity contribution in [1.82, 2.24) is 0 Å². The fraction of sp³-hybridized carbons (Fsp3) is 0.154. The molecule has 0 unspecified atom stereocenters. The van der Waals surface area contributed by atoms with Gasteiger partial charge in [0.2, 0.25) is 0 Å². The summed E-state index contributed by atoms with van der Waals surface area (Å²) in [5.74, 6) is 0.392. The van der Waals surface area contributed by atoms with Crippen LogP contribution in [0.5, 0.6) is 5.75 Å². The van der Waals surface area contributed by atoms with E-state index in [0.717, 1.165) is 22.6 Å². The van der Waals surface area contributed by atoms with E-state index >= 15 is 0 Å². The van der Waals surface area contributed by atoms with Crippen LogP contribution in [0.15, 0.2) is 84.9 Å². The van der Waals surface area contributed by atoms with Gasteiger partial charge in [0.1, 0.15) is 5.75 Å². The average molecular weight is 415 g/mol. The molecule has 0 aromatic heterocycles. The first-order valence-corrected chi connectivity index (χ1v) is 9.94. The van der Waals surface area contributed by atoms with E-state index in [4.69, 9.17) is 9.47 Å². The molecule has 0 aliphatic carbocycles. The highest BCUT2D eigenvalue weighted by atomic mass is 16.5. The van der Waals surface area contributed by atoms with Gasteiger partial charge < -0.3 is 14.8 Å². The van der Waals surface area contributed by atoms with Crippen molar-refractivity contribution in [2.24, 2.45) is 0 Å². The zero-order chi connectivity index (χ0) is 22.1. The lowest BCUT2D eigenvalue weighted by molar-refractivity contribution is -0.114. The number of hydrogen-bond donors (Lipinski definition) is 1. The Balaban J connectivity index is 1.72. The summed E-state index contributed by atoms with van der Waals surface area (Å²) >= 11 is 0. The van der Waals surface area contributed by atoms with E-state index in [2.05, 4.69) is 5.32 Å². The number of ketones is 1. The molecule has 1 atom stereocenters. The number of benzene rings is 3. The van der Waals surface area contributed by atoms with Crippen LogP contribution in [0.25, 0.3) is 6.08 Å². The molecule has 0 saturated heterocycles. The molecule has 3 aromatic rings. The third-order valence-electron chi connectivity index (χ3n) is 4.83. The van der Waals surface area contributed by atoms with Crippen LogP contribution in [-0.2, 0) is 9.53 Å². The molecular weight excluding hydrogens is 390 g/mol. The van der Waals surface area contributed by atoms with Gasteiger partial charge in [-0.25, -0.2) is 4.79 Å². The van der Waals surface area contributed by atoms with E-state index in [0.29, 0.717) is 5.56 Å². The van der Waals surface area contributed by atoms with Crippen LogP contribution in [0.2, 0.25) is 0 Å². The highest BCUT2D eigenvalue weighted by Crippen LogP contribution is 2.24. The van der Waals surface area contributed by atoms with Gasteiger partial charge in [-0.1, -0.05) is 48.5 Å². The molecular formula is C26H25NO4. The summed E-state index contributed by atoms with van der Waals surface area (Å²) in [4.78, 5) is 24.3. The van der Waals surface area contributed by atoms with Gasteiger partial charge in [-0.3, -0.25) is 4.79 Å². The molecule has 1 N–H and O–H groups in total. The summed E-state index contributed by atoms with van der Waals surface area (Å²) in [6, 6.07) is 24.1. The van der Waals surface area contributed by atoms with Crippen molar-refractivity contribution in [2.75, 3.05) is 19.5 Å². The SMILES string of the molecule is COC(=O)c1ccc(N[C@@H](CC(=O)/C=C/c2ccc(OC)cc2)c2ccccc2)cc1. The van der Waals surface area contributed by atoms with Gasteiger partial charge >= 0.3 is 5.97 Å². The minimum Gasteiger partial charge on any atom is -0.497 e. The van der Waals surface area contributed by atoms with E-state index in [1.165, 1.54) is 7.11 Å². The van der Waals surface area contributed by atoms with E-state index in [9.17, 15) is 9.59 Å². The van der Waals surface area contributed by atoms with Crippen LogP contribution in [-0.4, -0.2) is 26.0 Å². The number of methoxy groups -OCH3 is 2. The van der Waals surface area contributed by atoms with Crippen molar-refractivity contribution < 1.29 is 19.1 Å². The Hall–Kier alpha value is -3.86. The molecule has 0 bridgehead atoms. The van der Waals surface area contributed by atoms with E-state index in [-0.39, 0.29) is 24.2 Å². The molecule has 3 aromatic carbocycles. The third kappa shape index (κ3) is 6.31. The van der Waals surface area contributed by atoms with Crippen molar-refractivity contribution in [3.8, 4) is 5.75 Å². The number of carbonyl (C=O) groups is 2. The van der Waals surface area contributed by atoms with Gasteiger partial charge in [-0.05, 0) is 53.6 Å². The number of rotatable bonds is 9. The molecule has 3 rings (SSSR count). The summed E-state index contributed by atoms with van der Waals surface area (Å²) in [5.41, 5.74) is 3.22. The van der Waals surface area contributed by atoms with Gasteiger partial charge in [0.15, 0.2) is 5.78 Å². The lowest BCUT2D eigenvalue weighted by Crippen LogP contribution is -2.14. The molecule has 158 valence electrons. The zero-order valence-electron chi connectivity index (χ0n) is 17.6. The number of hydrogen-bond acceptors (Lipinski definition) is 5. The summed E-state index contributed by atoms with van der Waals surface area (Å²) in [6.45, 7) is 0. The molecule has 0 fully saturated rings. The zero-order valence-corrected chi connectivity index (χ0v) is 17.6. The molecule has 5 nitrogen and oxygen atoms in total. The highest BCUT2D eigenvalue weighted by molar-refractivity contribution is 5.94. The molecule has 0 heterocycles. The Morgan fingerprint density at radius 3 is 2.19 bits per heavy atom. The number of carbonyl (C=O) groups excluding carboxylic acids is 2. The third-order valence-corrected chi connectivity index (χ3v) is 4.83. The first-order valence-electron chi connectivity index (χ1n) is 9.94. The van der Waals surface area contributed by atoms with Crippen LogP contribution in [0.1, 0.15) is 33.9 Å². The lowest BCUT2D eigenvalue weighted by Gasteiger charge is -2.19. The topological polar surface area (TPSA) is 64.6 Å². The second kappa shape index (κ2) is 10.8. The van der Waals surface area contributed by atoms with Crippen LogP contribution >= 0.6 is 0 Å². The van der Waals surface area contributed by atoms with Gasteiger partial charge in [-0.2, -0.15) is 0 Å². The fourth-order valence-corrected chi connectivity index (χ4v) is 3.13. The standard InChI is InChI=1S/C26H25NO4/c1-30-24-16-9-19(10-17-24)8-15-23(28)18-25(20-6-4-3-5-7-20)27-22-13-11-21(12-14-22)26(29)31-2/h3-17,25,27H,18H2,1-2H3/b15-8+/t25-/m0/s1. The van der Waals surface area contributed by atoms with E-state index in [1.54, 1.807) is 43.5 Å². The monoisotopic (exact) mass is 415 g/mol. The van der Waals surface area contributed by atoms with Crippen LogP contribution in [0.3, 0.4) is 0 Å². The minimum absolute atomic E-state index is 0.00310. The Morgan fingerprint density at radius 1 is 0.903 bits per heavy atom. The fourth-order valence-electron chi connectivity index (χ4n) is 3.13. The quantitative estimate of drug-likeness (QED) is 0.379. The number of allylic oxidation sites excluding steroid dienone is 1. The molecule has 0 radical (unpaired) electrons. The predicted octanol–water partition coefficient (Wildman–Crippen LogP) is 5.31. The smallest absolute Gasteiger partial charge is 0.337 e. The molecule has 31 heavy (non-hydrogen) atoms. The van der Waals surface area contributed by atoms with Crippen molar-refractivity contribution >= 4 is 23.5 Å². The van der Waals surface area contributed by atoms with Crippen molar-refractivity contribution in [3.63, 3.8) is 0 Å². The second-order valence-electron chi connectivity index (χ2n) is 6.95. The molecule has 0 spiro atoms. The Bertz CT molecular complexity index is 1030. The maximum absolute atomic E-state index is 12.7. The number of anilines is 1. The largest absolute Gasteiger partial charge is 0.497 e. The summed E-state index contributed by atoms with van der Waals surface area (Å²) < 4.78 is 9.89. The van der Waals surface area contributed by atoms with Crippen LogP contribution < -0.4 is 10.1 Å². The van der Waals surface area contributed by atoms with Crippen LogP contribution in [0.4, 0.5) is 5.69 Å². The highest BCUT2D eigenvalue weighted by Gasteiger charge is 2.15.